The van der Waals surface area contributed by atoms with Crippen LogP contribution in [0.4, 0.5) is 5.69 Å². The summed E-state index contributed by atoms with van der Waals surface area (Å²) in [6, 6.07) is 22.9. The van der Waals surface area contributed by atoms with Crippen LogP contribution in [0.3, 0.4) is 0 Å². The fraction of sp³-hybridized carbons (Fsp3) is 0.208. The molecule has 1 aliphatic heterocycles. The van der Waals surface area contributed by atoms with E-state index in [-0.39, 0.29) is 6.04 Å². The van der Waals surface area contributed by atoms with Crippen LogP contribution in [0.5, 0.6) is 0 Å². The van der Waals surface area contributed by atoms with Crippen LogP contribution in [0.2, 0.25) is 0 Å². The van der Waals surface area contributed by atoms with Crippen molar-refractivity contribution in [2.75, 3.05) is 5.32 Å². The second kappa shape index (κ2) is 5.98. The molecule has 3 heteroatoms. The van der Waals surface area contributed by atoms with E-state index >= 15 is 0 Å². The third-order valence-corrected chi connectivity index (χ3v) is 6.07. The molecule has 3 nitrogen and oxygen atoms in total. The number of anilines is 1. The molecule has 2 aliphatic rings. The number of aromatic carboxylic acids is 1. The SMILES string of the molecule is Cc1ccc2c(c1)C1c3ccccc3CC1C(c1ccc(C(=O)O)cc1)N2. The van der Waals surface area contributed by atoms with Gasteiger partial charge in [-0.1, -0.05) is 54.1 Å². The topological polar surface area (TPSA) is 49.3 Å². The molecular formula is C24H21NO2. The van der Waals surface area contributed by atoms with Crippen molar-refractivity contribution in [2.45, 2.75) is 25.3 Å². The summed E-state index contributed by atoms with van der Waals surface area (Å²) in [5, 5.41) is 12.9. The maximum absolute atomic E-state index is 11.2. The number of carbonyl (C=O) groups is 1. The van der Waals surface area contributed by atoms with E-state index in [2.05, 4.69) is 54.7 Å². The lowest BCUT2D eigenvalue weighted by Gasteiger charge is -2.38. The van der Waals surface area contributed by atoms with Gasteiger partial charge in [0.05, 0.1) is 11.6 Å². The van der Waals surface area contributed by atoms with Crippen molar-refractivity contribution in [3.8, 4) is 0 Å². The standard InChI is InChI=1S/C24H21NO2/c1-14-6-11-21-19(12-14)22-18-5-3-2-4-17(18)13-20(22)23(25-21)15-7-9-16(10-8-15)24(26)27/h2-12,20,22-23,25H,13H2,1H3,(H,26,27). The number of nitrogens with one attached hydrogen (secondary N) is 1. The Hall–Kier alpha value is -3.07. The number of hydrogen-bond donors (Lipinski definition) is 2. The van der Waals surface area contributed by atoms with Crippen molar-refractivity contribution in [1.29, 1.82) is 0 Å². The van der Waals surface area contributed by atoms with Gasteiger partial charge in [-0.25, -0.2) is 4.79 Å². The van der Waals surface area contributed by atoms with Crippen molar-refractivity contribution in [3.63, 3.8) is 0 Å². The molecule has 3 unspecified atom stereocenters. The van der Waals surface area contributed by atoms with Crippen molar-refractivity contribution in [1.82, 2.24) is 0 Å². The summed E-state index contributed by atoms with van der Waals surface area (Å²) in [6.45, 7) is 2.15. The van der Waals surface area contributed by atoms with Gasteiger partial charge in [-0.2, -0.15) is 0 Å². The van der Waals surface area contributed by atoms with E-state index in [0.29, 0.717) is 17.4 Å². The van der Waals surface area contributed by atoms with E-state index in [1.165, 1.54) is 27.9 Å². The van der Waals surface area contributed by atoms with Gasteiger partial charge in [-0.15, -0.1) is 0 Å². The molecule has 0 saturated heterocycles. The van der Waals surface area contributed by atoms with Crippen LogP contribution < -0.4 is 5.32 Å². The Balaban J connectivity index is 1.63. The minimum Gasteiger partial charge on any atom is -0.478 e. The average Bonchev–Trinajstić information content (AvgIpc) is 3.07. The normalized spacial score (nSPS) is 22.3. The minimum absolute atomic E-state index is 0.167. The molecule has 0 amide bonds. The van der Waals surface area contributed by atoms with Crippen molar-refractivity contribution < 1.29 is 9.90 Å². The summed E-state index contributed by atoms with van der Waals surface area (Å²) in [5.41, 5.74) is 8.18. The molecule has 3 aromatic carbocycles. The lowest BCUT2D eigenvalue weighted by Crippen LogP contribution is -2.30. The number of fused-ring (bicyclic) bond motifs is 5. The first-order chi connectivity index (χ1) is 13.1. The summed E-state index contributed by atoms with van der Waals surface area (Å²) in [6.07, 6.45) is 1.03. The molecule has 0 spiro atoms. The van der Waals surface area contributed by atoms with Crippen LogP contribution in [0.15, 0.2) is 66.7 Å². The molecule has 1 heterocycles. The smallest absolute Gasteiger partial charge is 0.335 e. The maximum Gasteiger partial charge on any atom is 0.335 e. The molecule has 27 heavy (non-hydrogen) atoms. The Morgan fingerprint density at radius 3 is 2.56 bits per heavy atom. The zero-order chi connectivity index (χ0) is 18.5. The van der Waals surface area contributed by atoms with Crippen molar-refractivity contribution >= 4 is 11.7 Å². The molecule has 2 N–H and O–H groups in total. The van der Waals surface area contributed by atoms with E-state index in [1.807, 2.05) is 12.1 Å². The average molecular weight is 355 g/mol. The predicted octanol–water partition coefficient (Wildman–Crippen LogP) is 5.16. The van der Waals surface area contributed by atoms with Gasteiger partial charge in [0.15, 0.2) is 0 Å². The Morgan fingerprint density at radius 1 is 1.00 bits per heavy atom. The molecule has 5 rings (SSSR count). The fourth-order valence-corrected chi connectivity index (χ4v) is 4.84. The lowest BCUT2D eigenvalue weighted by atomic mass is 9.75. The van der Waals surface area contributed by atoms with Crippen LogP contribution in [0.1, 0.15) is 50.1 Å². The van der Waals surface area contributed by atoms with Crippen LogP contribution in [-0.2, 0) is 6.42 Å². The molecule has 134 valence electrons. The third kappa shape index (κ3) is 2.54. The van der Waals surface area contributed by atoms with E-state index in [1.54, 1.807) is 12.1 Å². The number of hydrogen-bond acceptors (Lipinski definition) is 2. The van der Waals surface area contributed by atoms with Crippen LogP contribution in [0, 0.1) is 12.8 Å². The third-order valence-electron chi connectivity index (χ3n) is 6.07. The highest BCUT2D eigenvalue weighted by Crippen LogP contribution is 2.53. The fourth-order valence-electron chi connectivity index (χ4n) is 4.84. The molecule has 0 fully saturated rings. The maximum atomic E-state index is 11.2. The summed E-state index contributed by atoms with van der Waals surface area (Å²) in [5.74, 6) is -0.0843. The Kier molecular flexibility index (Phi) is 3.57. The number of carboxylic acids is 1. The highest BCUT2D eigenvalue weighted by molar-refractivity contribution is 5.87. The van der Waals surface area contributed by atoms with E-state index in [0.717, 1.165) is 12.0 Å². The minimum atomic E-state index is -0.884. The second-order valence-electron chi connectivity index (χ2n) is 7.68. The number of rotatable bonds is 2. The first-order valence-electron chi connectivity index (χ1n) is 9.40. The van der Waals surface area contributed by atoms with Crippen molar-refractivity contribution in [3.05, 3.63) is 100 Å². The number of carboxylic acid groups (broad SMARTS) is 1. The van der Waals surface area contributed by atoms with Crippen LogP contribution in [-0.4, -0.2) is 11.1 Å². The Morgan fingerprint density at radius 2 is 1.78 bits per heavy atom. The number of benzene rings is 3. The van der Waals surface area contributed by atoms with Gasteiger partial charge >= 0.3 is 5.97 Å². The molecule has 1 aliphatic carbocycles. The lowest BCUT2D eigenvalue weighted by molar-refractivity contribution is 0.0697. The summed E-state index contributed by atoms with van der Waals surface area (Å²) in [4.78, 5) is 11.2. The van der Waals surface area contributed by atoms with Crippen molar-refractivity contribution in [2.24, 2.45) is 5.92 Å². The molecular weight excluding hydrogens is 334 g/mol. The molecule has 0 aromatic heterocycles. The van der Waals surface area contributed by atoms with Gasteiger partial charge in [-0.05, 0) is 59.7 Å². The first-order valence-corrected chi connectivity index (χ1v) is 9.40. The van der Waals surface area contributed by atoms with Gasteiger partial charge < -0.3 is 10.4 Å². The predicted molar refractivity (Wildman–Crippen MR) is 106 cm³/mol. The van der Waals surface area contributed by atoms with E-state index < -0.39 is 5.97 Å². The second-order valence-corrected chi connectivity index (χ2v) is 7.68. The first kappa shape index (κ1) is 16.1. The van der Waals surface area contributed by atoms with E-state index in [4.69, 9.17) is 0 Å². The Labute approximate surface area is 158 Å². The van der Waals surface area contributed by atoms with Gasteiger partial charge in [-0.3, -0.25) is 0 Å². The van der Waals surface area contributed by atoms with Gasteiger partial charge in [0.2, 0.25) is 0 Å². The highest BCUT2D eigenvalue weighted by atomic mass is 16.4. The molecule has 3 aromatic rings. The zero-order valence-corrected chi connectivity index (χ0v) is 15.1. The Bertz CT molecular complexity index is 1040. The molecule has 0 saturated carbocycles. The molecule has 0 bridgehead atoms. The molecule has 3 atom stereocenters. The van der Waals surface area contributed by atoms with Gasteiger partial charge in [0.25, 0.3) is 0 Å². The van der Waals surface area contributed by atoms with Crippen LogP contribution >= 0.6 is 0 Å². The summed E-state index contributed by atoms with van der Waals surface area (Å²) in [7, 11) is 0. The molecule has 0 radical (unpaired) electrons. The van der Waals surface area contributed by atoms with E-state index in [9.17, 15) is 9.90 Å². The zero-order valence-electron chi connectivity index (χ0n) is 15.1. The summed E-state index contributed by atoms with van der Waals surface area (Å²) >= 11 is 0. The van der Waals surface area contributed by atoms with Crippen LogP contribution in [0.25, 0.3) is 0 Å². The highest BCUT2D eigenvalue weighted by Gasteiger charge is 2.43. The van der Waals surface area contributed by atoms with Gasteiger partial charge in [0.1, 0.15) is 0 Å². The quantitative estimate of drug-likeness (QED) is 0.667. The number of aryl methyl sites for hydroxylation is 1. The largest absolute Gasteiger partial charge is 0.478 e. The summed E-state index contributed by atoms with van der Waals surface area (Å²) < 4.78 is 0. The monoisotopic (exact) mass is 355 g/mol. The van der Waals surface area contributed by atoms with Gasteiger partial charge in [0, 0.05) is 11.6 Å².